The van der Waals surface area contributed by atoms with Crippen LogP contribution < -0.4 is 0 Å². The molecule has 1 aromatic rings. The molecule has 0 N–H and O–H groups in total. The van der Waals surface area contributed by atoms with E-state index in [0.717, 1.165) is 0 Å². The van der Waals surface area contributed by atoms with Gasteiger partial charge in [-0.1, -0.05) is 15.9 Å². The highest BCUT2D eigenvalue weighted by Crippen LogP contribution is 2.33. The summed E-state index contributed by atoms with van der Waals surface area (Å²) in [5.74, 6) is -7.66. The first-order valence-electron chi connectivity index (χ1n) is 3.61. The van der Waals surface area contributed by atoms with Crippen molar-refractivity contribution in [1.82, 2.24) is 0 Å². The van der Waals surface area contributed by atoms with Crippen LogP contribution in [0, 0.1) is 23.3 Å². The maximum absolute atomic E-state index is 12.9. The lowest BCUT2D eigenvalue weighted by atomic mass is 10.1. The minimum Gasteiger partial charge on any atom is -0.209 e. The van der Waals surface area contributed by atoms with Gasteiger partial charge < -0.3 is 0 Å². The lowest BCUT2D eigenvalue weighted by Crippen LogP contribution is -2.08. The Morgan fingerprint density at radius 3 is 1.93 bits per heavy atom. The number of halogens is 7. The molecule has 7 heteroatoms. The molecule has 0 saturated heterocycles. The Bertz CT molecular complexity index is 378. The van der Waals surface area contributed by atoms with Crippen LogP contribution >= 0.6 is 15.9 Å². The molecule has 0 aromatic heterocycles. The highest BCUT2D eigenvalue weighted by atomic mass is 79.9. The van der Waals surface area contributed by atoms with Gasteiger partial charge in [0.25, 0.3) is 6.43 Å². The van der Waals surface area contributed by atoms with Gasteiger partial charge in [0.2, 0.25) is 0 Å². The predicted molar refractivity (Wildman–Crippen MR) is 43.9 cm³/mol. The van der Waals surface area contributed by atoms with Crippen molar-refractivity contribution < 1.29 is 26.3 Å². The molecule has 0 nitrogen and oxygen atoms in total. The molecule has 84 valence electrons. The molecular weight excluding hydrogens is 290 g/mol. The van der Waals surface area contributed by atoms with Gasteiger partial charge in [0.1, 0.15) is 4.83 Å². The molecule has 0 spiro atoms. The SMILES string of the molecule is Fc1cc(C(Br)C(F)F)c(F)c(F)c1F. The lowest BCUT2D eigenvalue weighted by Gasteiger charge is -2.11. The third-order valence-corrected chi connectivity index (χ3v) is 2.54. The van der Waals surface area contributed by atoms with E-state index < -0.39 is 40.1 Å². The summed E-state index contributed by atoms with van der Waals surface area (Å²) in [5.41, 5.74) is -0.957. The van der Waals surface area contributed by atoms with Crippen molar-refractivity contribution >= 4 is 15.9 Å². The summed E-state index contributed by atoms with van der Waals surface area (Å²) in [5, 5.41) is 0. The fourth-order valence-corrected chi connectivity index (χ4v) is 1.26. The second-order valence-electron chi connectivity index (χ2n) is 2.63. The van der Waals surface area contributed by atoms with Crippen molar-refractivity contribution in [3.63, 3.8) is 0 Å². The molecule has 0 heterocycles. The standard InChI is InChI=1S/C8H3BrF6/c9-4(8(14)15)2-1-3(10)6(12)7(13)5(2)11/h1,4,8H. The molecular formula is C8H3BrF6. The van der Waals surface area contributed by atoms with E-state index in [0.29, 0.717) is 0 Å². The summed E-state index contributed by atoms with van der Waals surface area (Å²) < 4.78 is 74.8. The van der Waals surface area contributed by atoms with Gasteiger partial charge in [0, 0.05) is 5.56 Å². The first-order chi connectivity index (χ1) is 6.86. The van der Waals surface area contributed by atoms with E-state index in [1.54, 1.807) is 0 Å². The molecule has 0 saturated carbocycles. The second-order valence-corrected chi connectivity index (χ2v) is 3.61. The number of rotatable bonds is 2. The van der Waals surface area contributed by atoms with Crippen LogP contribution in [0.2, 0.25) is 0 Å². The number of alkyl halides is 3. The van der Waals surface area contributed by atoms with Gasteiger partial charge in [-0.3, -0.25) is 0 Å². The number of hydrogen-bond acceptors (Lipinski definition) is 0. The normalized spacial score (nSPS) is 13.3. The maximum atomic E-state index is 12.9. The Balaban J connectivity index is 3.32. The molecule has 0 aliphatic rings. The molecule has 1 aromatic carbocycles. The number of hydrogen-bond donors (Lipinski definition) is 0. The van der Waals surface area contributed by atoms with Crippen molar-refractivity contribution in [3.05, 3.63) is 34.9 Å². The zero-order valence-electron chi connectivity index (χ0n) is 6.88. The summed E-state index contributed by atoms with van der Waals surface area (Å²) in [6.45, 7) is 0. The Kier molecular flexibility index (Phi) is 3.64. The van der Waals surface area contributed by atoms with Crippen LogP contribution in [-0.4, -0.2) is 6.43 Å². The van der Waals surface area contributed by atoms with E-state index in [9.17, 15) is 26.3 Å². The van der Waals surface area contributed by atoms with Gasteiger partial charge in [0.05, 0.1) is 0 Å². The van der Waals surface area contributed by atoms with Gasteiger partial charge in [-0.05, 0) is 6.07 Å². The Labute approximate surface area is 89.0 Å². The summed E-state index contributed by atoms with van der Waals surface area (Å²) in [6.07, 6.45) is -3.07. The second kappa shape index (κ2) is 4.42. The van der Waals surface area contributed by atoms with E-state index in [2.05, 4.69) is 15.9 Å². The summed E-state index contributed by atoms with van der Waals surface area (Å²) in [4.78, 5) is -1.89. The first kappa shape index (κ1) is 12.4. The van der Waals surface area contributed by atoms with Gasteiger partial charge in [-0.2, -0.15) is 0 Å². The van der Waals surface area contributed by atoms with Gasteiger partial charge >= 0.3 is 0 Å². The highest BCUT2D eigenvalue weighted by Gasteiger charge is 2.27. The van der Waals surface area contributed by atoms with Crippen molar-refractivity contribution in [1.29, 1.82) is 0 Å². The average Bonchev–Trinajstić information content (AvgIpc) is 2.19. The molecule has 0 aliphatic heterocycles. The van der Waals surface area contributed by atoms with Crippen LogP contribution in [0.1, 0.15) is 10.4 Å². The minimum absolute atomic E-state index is 0.194. The van der Waals surface area contributed by atoms with E-state index in [-0.39, 0.29) is 6.07 Å². The summed E-state index contributed by atoms with van der Waals surface area (Å²) in [6, 6.07) is 0.194. The van der Waals surface area contributed by atoms with Crippen LogP contribution in [-0.2, 0) is 0 Å². The third-order valence-electron chi connectivity index (χ3n) is 1.65. The van der Waals surface area contributed by atoms with Crippen LogP contribution in [0.3, 0.4) is 0 Å². The van der Waals surface area contributed by atoms with Gasteiger partial charge in [-0.15, -0.1) is 0 Å². The van der Waals surface area contributed by atoms with Crippen molar-refractivity contribution in [2.45, 2.75) is 11.3 Å². The highest BCUT2D eigenvalue weighted by molar-refractivity contribution is 9.09. The molecule has 15 heavy (non-hydrogen) atoms. The largest absolute Gasteiger partial charge is 0.255 e. The Morgan fingerprint density at radius 2 is 1.47 bits per heavy atom. The van der Waals surface area contributed by atoms with E-state index in [1.807, 2.05) is 0 Å². The van der Waals surface area contributed by atoms with E-state index in [4.69, 9.17) is 0 Å². The van der Waals surface area contributed by atoms with E-state index >= 15 is 0 Å². The van der Waals surface area contributed by atoms with Gasteiger partial charge in [-0.25, -0.2) is 26.3 Å². The third kappa shape index (κ3) is 2.27. The lowest BCUT2D eigenvalue weighted by molar-refractivity contribution is 0.145. The molecule has 1 rings (SSSR count). The summed E-state index contributed by atoms with van der Waals surface area (Å²) in [7, 11) is 0. The smallest absolute Gasteiger partial charge is 0.209 e. The fourth-order valence-electron chi connectivity index (χ4n) is 0.928. The van der Waals surface area contributed by atoms with Crippen LogP contribution in [0.25, 0.3) is 0 Å². The zero-order chi connectivity index (χ0) is 11.7. The molecule has 0 bridgehead atoms. The van der Waals surface area contributed by atoms with E-state index in [1.165, 1.54) is 0 Å². The summed E-state index contributed by atoms with van der Waals surface area (Å²) >= 11 is 2.35. The van der Waals surface area contributed by atoms with Gasteiger partial charge in [0.15, 0.2) is 23.3 Å². The average molecular weight is 293 g/mol. The molecule has 1 atom stereocenters. The van der Waals surface area contributed by atoms with Crippen molar-refractivity contribution in [3.8, 4) is 0 Å². The Hall–Kier alpha value is -0.720. The molecule has 0 radical (unpaired) electrons. The topological polar surface area (TPSA) is 0 Å². The minimum atomic E-state index is -3.07. The maximum Gasteiger partial charge on any atom is 0.255 e. The first-order valence-corrected chi connectivity index (χ1v) is 4.53. The van der Waals surface area contributed by atoms with Crippen molar-refractivity contribution in [2.75, 3.05) is 0 Å². The molecule has 0 aliphatic carbocycles. The molecule has 1 unspecified atom stereocenters. The molecule has 0 fully saturated rings. The monoisotopic (exact) mass is 292 g/mol. The quantitative estimate of drug-likeness (QED) is 0.335. The zero-order valence-corrected chi connectivity index (χ0v) is 8.46. The fraction of sp³-hybridized carbons (Fsp3) is 0.250. The Morgan fingerprint density at radius 1 is 0.933 bits per heavy atom. The molecule has 0 amide bonds. The van der Waals surface area contributed by atoms with Crippen molar-refractivity contribution in [2.24, 2.45) is 0 Å². The van der Waals surface area contributed by atoms with Crippen LogP contribution in [0.4, 0.5) is 26.3 Å². The van der Waals surface area contributed by atoms with Crippen LogP contribution in [0.5, 0.6) is 0 Å². The number of benzene rings is 1. The van der Waals surface area contributed by atoms with Crippen LogP contribution in [0.15, 0.2) is 6.07 Å². The predicted octanol–water partition coefficient (Wildman–Crippen LogP) is 3.94.